The normalized spacial score (nSPS) is 35.0. The van der Waals surface area contributed by atoms with Gasteiger partial charge in [0.1, 0.15) is 11.6 Å². The molecule has 154 valence electrons. The lowest BCUT2D eigenvalue weighted by atomic mass is 9.48. The van der Waals surface area contributed by atoms with Crippen molar-refractivity contribution in [1.82, 2.24) is 4.90 Å². The van der Waals surface area contributed by atoms with Crippen molar-refractivity contribution in [3.63, 3.8) is 0 Å². The van der Waals surface area contributed by atoms with Crippen LogP contribution in [-0.2, 0) is 6.42 Å². The van der Waals surface area contributed by atoms with E-state index in [9.17, 15) is 1.37 Å². The molecule has 1 heterocycles. The van der Waals surface area contributed by atoms with Gasteiger partial charge in [0.05, 0.1) is 7.39 Å². The van der Waals surface area contributed by atoms with E-state index < -0.39 is 17.7 Å². The molecule has 0 saturated heterocycles. The summed E-state index contributed by atoms with van der Waals surface area (Å²) in [7, 11) is 0. The average Bonchev–Trinajstić information content (AvgIpc) is 3.02. The molecule has 0 amide bonds. The van der Waals surface area contributed by atoms with Gasteiger partial charge in [0.2, 0.25) is 0 Å². The first-order chi connectivity index (χ1) is 14.9. The second-order valence-corrected chi connectivity index (χ2v) is 9.63. The van der Waals surface area contributed by atoms with Gasteiger partial charge in [-0.25, -0.2) is 8.78 Å². The number of benzene rings is 2. The molecule has 7 rings (SSSR count). The maximum absolute atomic E-state index is 15.6. The van der Waals surface area contributed by atoms with Crippen LogP contribution in [0.5, 0.6) is 0 Å². The Morgan fingerprint density at radius 2 is 1.83 bits per heavy atom. The quantitative estimate of drug-likeness (QED) is 0.550. The van der Waals surface area contributed by atoms with Crippen molar-refractivity contribution in [3.8, 4) is 0 Å². The van der Waals surface area contributed by atoms with Gasteiger partial charge in [0.25, 0.3) is 0 Å². The lowest BCUT2D eigenvalue weighted by Crippen LogP contribution is -2.71. The van der Waals surface area contributed by atoms with Crippen LogP contribution in [0.4, 0.5) is 8.78 Å². The molecule has 5 aliphatic rings. The highest BCUT2D eigenvalue weighted by Gasteiger charge is 2.63. The van der Waals surface area contributed by atoms with Crippen molar-refractivity contribution in [3.05, 3.63) is 81.9 Å². The van der Waals surface area contributed by atoms with Crippen LogP contribution in [-0.4, -0.2) is 16.5 Å². The van der Waals surface area contributed by atoms with E-state index in [1.54, 1.807) is 12.2 Å². The largest absolute Gasteiger partial charge is 0.284 e. The van der Waals surface area contributed by atoms with Gasteiger partial charge in [0, 0.05) is 17.1 Å². The Bertz CT molecular complexity index is 1130. The number of allylic oxidation sites excluding steroid dienone is 1. The zero-order valence-corrected chi connectivity index (χ0v) is 17.5. The van der Waals surface area contributed by atoms with Crippen molar-refractivity contribution in [1.29, 1.82) is 0 Å². The topological polar surface area (TPSA) is 3.24 Å². The fourth-order valence-corrected chi connectivity index (χ4v) is 6.45. The molecule has 2 atom stereocenters. The van der Waals surface area contributed by atoms with Gasteiger partial charge in [-0.15, -0.1) is 0 Å². The van der Waals surface area contributed by atoms with Gasteiger partial charge in [-0.3, -0.25) is 4.90 Å². The Morgan fingerprint density at radius 3 is 2.47 bits per heavy atom. The third-order valence-electron chi connectivity index (χ3n) is 7.72. The minimum absolute atomic E-state index is 0.0534. The lowest BCUT2D eigenvalue weighted by Gasteiger charge is -2.70. The summed E-state index contributed by atoms with van der Waals surface area (Å²) in [6, 6.07) is 9.52. The number of hydrogen-bond acceptors (Lipinski definition) is 1. The molecule has 0 N–H and O–H groups in total. The number of rotatable bonds is 3. The fraction of sp³-hybridized carbons (Fsp3) is 0.407. The summed E-state index contributed by atoms with van der Waals surface area (Å²) in [4.78, 5) is 2.20. The maximum Gasteiger partial charge on any atom is 0.131 e. The molecule has 2 aromatic carbocycles. The zero-order chi connectivity index (χ0) is 21.5. The minimum atomic E-state index is -1.53. The molecule has 2 aromatic rings. The smallest absolute Gasteiger partial charge is 0.131 e. The SMILES string of the molecule is [2H][C@@]1(c2c(F)cc(/C=C/C)cc2F)C2=C(C[C@@H](C)N1C13CC(C1)C3)c1ccccc1C2. The van der Waals surface area contributed by atoms with Gasteiger partial charge in [-0.1, -0.05) is 36.4 Å². The van der Waals surface area contributed by atoms with E-state index in [2.05, 4.69) is 24.0 Å². The molecule has 0 radical (unpaired) electrons. The summed E-state index contributed by atoms with van der Waals surface area (Å²) in [6.45, 7) is 3.97. The fourth-order valence-electron chi connectivity index (χ4n) is 6.45. The van der Waals surface area contributed by atoms with Crippen molar-refractivity contribution in [2.45, 2.75) is 63.6 Å². The molecule has 3 saturated carbocycles. The van der Waals surface area contributed by atoms with Gasteiger partial charge >= 0.3 is 0 Å². The summed E-state index contributed by atoms with van der Waals surface area (Å²) in [5, 5.41) is 0. The maximum atomic E-state index is 15.6. The van der Waals surface area contributed by atoms with Crippen molar-refractivity contribution < 1.29 is 10.2 Å². The predicted octanol–water partition coefficient (Wildman–Crippen LogP) is 6.70. The Kier molecular flexibility index (Phi) is 3.70. The first-order valence-electron chi connectivity index (χ1n) is 11.6. The van der Waals surface area contributed by atoms with E-state index in [4.69, 9.17) is 0 Å². The van der Waals surface area contributed by atoms with Crippen LogP contribution in [0.1, 0.15) is 69.2 Å². The second-order valence-electron chi connectivity index (χ2n) is 9.63. The molecule has 0 unspecified atom stereocenters. The summed E-state index contributed by atoms with van der Waals surface area (Å²) < 4.78 is 41.2. The van der Waals surface area contributed by atoms with Gasteiger partial charge in [0.15, 0.2) is 0 Å². The zero-order valence-electron chi connectivity index (χ0n) is 18.5. The van der Waals surface area contributed by atoms with Gasteiger partial charge in [-0.05, 0) is 91.8 Å². The first kappa shape index (κ1) is 17.4. The Hall–Kier alpha value is -2.26. The molecule has 0 aromatic heterocycles. The molecule has 2 bridgehead atoms. The highest BCUT2D eigenvalue weighted by Crippen LogP contribution is 2.65. The van der Waals surface area contributed by atoms with E-state index in [0.717, 1.165) is 48.3 Å². The molecule has 4 aliphatic carbocycles. The second kappa shape index (κ2) is 6.37. The van der Waals surface area contributed by atoms with E-state index in [1.165, 1.54) is 17.7 Å². The van der Waals surface area contributed by atoms with E-state index >= 15 is 8.78 Å². The van der Waals surface area contributed by atoms with Crippen LogP contribution in [0.2, 0.25) is 0 Å². The molecule has 3 fully saturated rings. The van der Waals surface area contributed by atoms with Crippen molar-refractivity contribution in [2.24, 2.45) is 5.92 Å². The Morgan fingerprint density at radius 1 is 1.13 bits per heavy atom. The summed E-state index contributed by atoms with van der Waals surface area (Å²) in [6.07, 6.45) is 8.04. The molecule has 3 heteroatoms. The molecular formula is C27H27F2N. The minimum Gasteiger partial charge on any atom is -0.284 e. The molecule has 0 spiro atoms. The van der Waals surface area contributed by atoms with Crippen molar-refractivity contribution >= 4 is 11.6 Å². The van der Waals surface area contributed by atoms with Gasteiger partial charge < -0.3 is 0 Å². The lowest BCUT2D eigenvalue weighted by molar-refractivity contribution is -0.173. The van der Waals surface area contributed by atoms with Crippen LogP contribution in [0.25, 0.3) is 11.6 Å². The first-order valence-corrected chi connectivity index (χ1v) is 11.1. The van der Waals surface area contributed by atoms with Crippen LogP contribution in [0.3, 0.4) is 0 Å². The Labute approximate surface area is 178 Å². The third-order valence-corrected chi connectivity index (χ3v) is 7.72. The van der Waals surface area contributed by atoms with E-state index in [-0.39, 0.29) is 17.1 Å². The highest BCUT2D eigenvalue weighted by atomic mass is 19.1. The molecule has 30 heavy (non-hydrogen) atoms. The standard InChI is InChI=1S/C27H27F2N/c1-3-6-17-10-23(28)25(24(29)11-17)26-22-12-19-7-4-5-8-20(19)21(22)9-16(2)30(26)27-13-18(14-27)15-27/h3-8,10-11,16,18,26H,9,12-15H2,1-2H3/b6-3+/t16-,18?,26+,27?/m1/s1/i26D. The monoisotopic (exact) mass is 404 g/mol. The number of hydrogen-bond donors (Lipinski definition) is 0. The van der Waals surface area contributed by atoms with Crippen LogP contribution in [0.15, 0.2) is 48.0 Å². The number of nitrogens with zero attached hydrogens (tertiary/aromatic N) is 1. The average molecular weight is 405 g/mol. The molecule has 1 aliphatic heterocycles. The predicted molar refractivity (Wildman–Crippen MR) is 117 cm³/mol. The number of fused-ring (bicyclic) bond motifs is 2. The summed E-state index contributed by atoms with van der Waals surface area (Å²) >= 11 is 0. The van der Waals surface area contributed by atoms with Crippen LogP contribution in [0, 0.1) is 17.6 Å². The highest BCUT2D eigenvalue weighted by molar-refractivity contribution is 5.79. The van der Waals surface area contributed by atoms with E-state index in [0.29, 0.717) is 12.0 Å². The number of halogens is 2. The van der Waals surface area contributed by atoms with Gasteiger partial charge in [-0.2, -0.15) is 0 Å². The Balaban J connectivity index is 1.60. The third kappa shape index (κ3) is 2.42. The summed E-state index contributed by atoms with van der Waals surface area (Å²) in [5.74, 6) is -0.507. The van der Waals surface area contributed by atoms with Crippen LogP contribution < -0.4 is 0 Å². The summed E-state index contributed by atoms with van der Waals surface area (Å²) in [5.41, 5.74) is 4.63. The van der Waals surface area contributed by atoms with E-state index in [1.807, 2.05) is 19.1 Å². The molecule has 1 nitrogen and oxygen atoms in total. The molecular weight excluding hydrogens is 376 g/mol. The van der Waals surface area contributed by atoms with Crippen molar-refractivity contribution in [2.75, 3.05) is 0 Å². The van der Waals surface area contributed by atoms with Crippen LogP contribution >= 0.6 is 0 Å².